The molecule has 6 heterocycles. The number of hydrogen-bond acceptors (Lipinski definition) is 11. The molecule has 0 spiro atoms. The molecule has 2 bridgehead atoms. The first-order valence-electron chi connectivity index (χ1n) is 15.1. The SMILES string of the molecule is Cc1cc(N2CCN(C[C@H]3CN(c4ccc(C#N)c5ncccc45)C[C@@H](C)O3)CC2)nc(N2C[C@@H]3COC[C@@H](C2)N3)n1. The second-order valence-electron chi connectivity index (χ2n) is 12.1. The highest BCUT2D eigenvalue weighted by molar-refractivity contribution is 5.95. The van der Waals surface area contributed by atoms with Crippen molar-refractivity contribution < 1.29 is 9.47 Å². The third kappa shape index (κ3) is 5.60. The maximum Gasteiger partial charge on any atom is 0.227 e. The van der Waals surface area contributed by atoms with Crippen molar-refractivity contribution in [3.63, 3.8) is 0 Å². The molecule has 220 valence electrons. The number of morpholine rings is 2. The van der Waals surface area contributed by atoms with Crippen LogP contribution in [0.15, 0.2) is 36.5 Å². The van der Waals surface area contributed by atoms with Gasteiger partial charge in [-0.15, -0.1) is 0 Å². The van der Waals surface area contributed by atoms with Gasteiger partial charge in [-0.2, -0.15) is 10.2 Å². The van der Waals surface area contributed by atoms with Gasteiger partial charge in [0.25, 0.3) is 0 Å². The summed E-state index contributed by atoms with van der Waals surface area (Å²) in [7, 11) is 0. The quantitative estimate of drug-likeness (QED) is 0.486. The van der Waals surface area contributed by atoms with Crippen molar-refractivity contribution in [2.24, 2.45) is 0 Å². The van der Waals surface area contributed by atoms with Gasteiger partial charge in [-0.3, -0.25) is 9.88 Å². The zero-order chi connectivity index (χ0) is 28.6. The maximum absolute atomic E-state index is 9.56. The molecule has 4 aliphatic rings. The second kappa shape index (κ2) is 11.6. The molecule has 4 saturated heterocycles. The van der Waals surface area contributed by atoms with Crippen LogP contribution in [-0.4, -0.2) is 116 Å². The fourth-order valence-electron chi connectivity index (χ4n) is 6.92. The lowest BCUT2D eigenvalue weighted by Crippen LogP contribution is -2.63. The Kier molecular flexibility index (Phi) is 7.54. The number of nitrogens with one attached hydrogen (secondary N) is 1. The Morgan fingerprint density at radius 3 is 2.57 bits per heavy atom. The lowest BCUT2D eigenvalue weighted by atomic mass is 10.1. The number of ether oxygens (including phenoxy) is 2. The van der Waals surface area contributed by atoms with Crippen LogP contribution in [0.2, 0.25) is 0 Å². The van der Waals surface area contributed by atoms with Crippen LogP contribution in [-0.2, 0) is 9.47 Å². The number of piperazine rings is 2. The highest BCUT2D eigenvalue weighted by Gasteiger charge is 2.33. The van der Waals surface area contributed by atoms with Crippen LogP contribution in [0.25, 0.3) is 10.9 Å². The molecule has 0 saturated carbocycles. The van der Waals surface area contributed by atoms with E-state index in [0.717, 1.165) is 106 Å². The second-order valence-corrected chi connectivity index (χ2v) is 12.1. The molecular weight excluding hydrogens is 530 g/mol. The van der Waals surface area contributed by atoms with Crippen molar-refractivity contribution in [3.05, 3.63) is 47.8 Å². The summed E-state index contributed by atoms with van der Waals surface area (Å²) < 4.78 is 12.2. The Bertz CT molecular complexity index is 1460. The third-order valence-electron chi connectivity index (χ3n) is 8.79. The van der Waals surface area contributed by atoms with Gasteiger partial charge in [0.2, 0.25) is 5.95 Å². The van der Waals surface area contributed by atoms with E-state index in [9.17, 15) is 5.26 Å². The molecule has 0 amide bonds. The molecule has 11 heteroatoms. The summed E-state index contributed by atoms with van der Waals surface area (Å²) in [5, 5.41) is 14.2. The van der Waals surface area contributed by atoms with E-state index in [1.807, 2.05) is 12.1 Å². The fraction of sp³-hybridized carbons (Fsp3) is 0.548. The van der Waals surface area contributed by atoms with Gasteiger partial charge in [0.15, 0.2) is 0 Å². The maximum atomic E-state index is 9.56. The van der Waals surface area contributed by atoms with E-state index in [1.54, 1.807) is 6.20 Å². The van der Waals surface area contributed by atoms with Gasteiger partial charge in [0, 0.05) is 100 Å². The van der Waals surface area contributed by atoms with Gasteiger partial charge in [-0.1, -0.05) is 0 Å². The van der Waals surface area contributed by atoms with E-state index in [-0.39, 0.29) is 12.2 Å². The lowest BCUT2D eigenvalue weighted by molar-refractivity contribution is -0.0327. The van der Waals surface area contributed by atoms with E-state index >= 15 is 0 Å². The summed E-state index contributed by atoms with van der Waals surface area (Å²) in [5.74, 6) is 1.85. The smallest absolute Gasteiger partial charge is 0.227 e. The summed E-state index contributed by atoms with van der Waals surface area (Å²) in [6.07, 6.45) is 1.98. The Morgan fingerprint density at radius 1 is 0.976 bits per heavy atom. The Balaban J connectivity index is 0.993. The van der Waals surface area contributed by atoms with E-state index < -0.39 is 0 Å². The summed E-state index contributed by atoms with van der Waals surface area (Å²) >= 11 is 0. The molecule has 2 aromatic heterocycles. The first-order valence-corrected chi connectivity index (χ1v) is 15.1. The molecular formula is C31H39N9O2. The zero-order valence-corrected chi connectivity index (χ0v) is 24.4. The minimum absolute atomic E-state index is 0.103. The number of fused-ring (bicyclic) bond motifs is 3. The average molecular weight is 570 g/mol. The average Bonchev–Trinajstić information content (AvgIpc) is 3.00. The minimum atomic E-state index is 0.103. The standard InChI is InChI=1S/C31H39N9O2/c1-21-12-29(36-31(34-21)40-15-24-19-41-20-25(16-40)35-24)38-10-8-37(9-11-38)17-26-18-39(14-22(2)42-26)28-6-5-23(13-32)30-27(28)4-3-7-33-30/h3-7,12,22,24-26,35H,8-11,14-20H2,1-2H3/t22-,24-,25-,26+/m1/s1. The van der Waals surface area contributed by atoms with Crippen molar-refractivity contribution in [2.45, 2.75) is 38.1 Å². The molecule has 4 atom stereocenters. The first-order chi connectivity index (χ1) is 20.5. The molecule has 1 aromatic carbocycles. The Morgan fingerprint density at radius 2 is 1.79 bits per heavy atom. The summed E-state index contributed by atoms with van der Waals surface area (Å²) in [5.41, 5.74) is 3.51. The predicted molar refractivity (Wildman–Crippen MR) is 162 cm³/mol. The van der Waals surface area contributed by atoms with Crippen molar-refractivity contribution in [2.75, 3.05) is 86.8 Å². The molecule has 4 fully saturated rings. The number of pyridine rings is 1. The molecule has 7 rings (SSSR count). The minimum Gasteiger partial charge on any atom is -0.378 e. The van der Waals surface area contributed by atoms with Gasteiger partial charge in [0.1, 0.15) is 11.9 Å². The number of aryl methyl sites for hydroxylation is 1. The zero-order valence-electron chi connectivity index (χ0n) is 24.4. The Hall–Kier alpha value is -3.56. The molecule has 42 heavy (non-hydrogen) atoms. The number of rotatable bonds is 5. The number of nitrogens with zero attached hydrogens (tertiary/aromatic N) is 8. The number of benzene rings is 1. The topological polar surface area (TPSA) is 106 Å². The van der Waals surface area contributed by atoms with Crippen molar-refractivity contribution >= 4 is 28.4 Å². The highest BCUT2D eigenvalue weighted by Crippen LogP contribution is 2.30. The van der Waals surface area contributed by atoms with Gasteiger partial charge in [-0.05, 0) is 38.1 Å². The largest absolute Gasteiger partial charge is 0.378 e. The molecule has 3 aromatic rings. The number of nitriles is 1. The van der Waals surface area contributed by atoms with Crippen LogP contribution in [0, 0.1) is 18.3 Å². The van der Waals surface area contributed by atoms with Crippen LogP contribution in [0.1, 0.15) is 18.2 Å². The van der Waals surface area contributed by atoms with E-state index in [2.05, 4.69) is 68.0 Å². The molecule has 0 aliphatic carbocycles. The van der Waals surface area contributed by atoms with Crippen molar-refractivity contribution in [3.8, 4) is 6.07 Å². The van der Waals surface area contributed by atoms with Gasteiger partial charge in [0.05, 0.1) is 36.5 Å². The van der Waals surface area contributed by atoms with Crippen LogP contribution in [0.5, 0.6) is 0 Å². The predicted octanol–water partition coefficient (Wildman–Crippen LogP) is 1.80. The molecule has 4 aliphatic heterocycles. The number of hydrogen-bond donors (Lipinski definition) is 1. The van der Waals surface area contributed by atoms with E-state index in [4.69, 9.17) is 19.4 Å². The highest BCUT2D eigenvalue weighted by atomic mass is 16.5. The first kappa shape index (κ1) is 27.3. The van der Waals surface area contributed by atoms with Gasteiger partial charge >= 0.3 is 0 Å². The van der Waals surface area contributed by atoms with Crippen LogP contribution < -0.4 is 20.0 Å². The van der Waals surface area contributed by atoms with E-state index in [1.165, 1.54) is 0 Å². The van der Waals surface area contributed by atoms with Gasteiger partial charge < -0.3 is 29.5 Å². The van der Waals surface area contributed by atoms with Crippen LogP contribution in [0.4, 0.5) is 17.5 Å². The fourth-order valence-corrected chi connectivity index (χ4v) is 6.92. The lowest BCUT2D eigenvalue weighted by Gasteiger charge is -2.43. The number of anilines is 3. The monoisotopic (exact) mass is 569 g/mol. The summed E-state index contributed by atoms with van der Waals surface area (Å²) in [6, 6.07) is 13.0. The summed E-state index contributed by atoms with van der Waals surface area (Å²) in [4.78, 5) is 24.0. The molecule has 11 nitrogen and oxygen atoms in total. The molecule has 0 unspecified atom stereocenters. The summed E-state index contributed by atoms with van der Waals surface area (Å²) in [6.45, 7) is 13.8. The van der Waals surface area contributed by atoms with E-state index in [0.29, 0.717) is 17.6 Å². The Labute approximate surface area is 247 Å². The van der Waals surface area contributed by atoms with Crippen molar-refractivity contribution in [1.82, 2.24) is 25.2 Å². The van der Waals surface area contributed by atoms with Gasteiger partial charge in [-0.25, -0.2) is 4.98 Å². The third-order valence-corrected chi connectivity index (χ3v) is 8.79. The number of aromatic nitrogens is 3. The molecule has 1 N–H and O–H groups in total. The van der Waals surface area contributed by atoms with Crippen LogP contribution in [0.3, 0.4) is 0 Å². The van der Waals surface area contributed by atoms with Crippen LogP contribution >= 0.6 is 0 Å². The van der Waals surface area contributed by atoms with Crippen molar-refractivity contribution in [1.29, 1.82) is 5.26 Å². The normalized spacial score (nSPS) is 26.8. The molecule has 0 radical (unpaired) electrons.